The molecule has 8 heteroatoms. The van der Waals surface area contributed by atoms with E-state index in [1.807, 2.05) is 29.2 Å². The molecule has 0 aliphatic carbocycles. The normalized spacial score (nSPS) is 14.6. The molecule has 2 aromatic heterocycles. The number of anilines is 1. The molecule has 126 valence electrons. The third-order valence-corrected chi connectivity index (χ3v) is 4.20. The maximum absolute atomic E-state index is 12.7. The van der Waals surface area contributed by atoms with E-state index < -0.39 is 0 Å². The Bertz CT molecular complexity index is 825. The van der Waals surface area contributed by atoms with Crippen LogP contribution < -0.4 is 4.90 Å². The van der Waals surface area contributed by atoms with Gasteiger partial charge in [-0.15, -0.1) is 0 Å². The zero-order valence-electron chi connectivity index (χ0n) is 13.6. The summed E-state index contributed by atoms with van der Waals surface area (Å²) in [6.07, 6.45) is 6.57. The van der Waals surface area contributed by atoms with Crippen LogP contribution in [-0.4, -0.2) is 61.7 Å². The van der Waals surface area contributed by atoms with Crippen LogP contribution in [0.3, 0.4) is 0 Å². The van der Waals surface area contributed by atoms with E-state index in [-0.39, 0.29) is 5.91 Å². The highest BCUT2D eigenvalue weighted by atomic mass is 16.2. The van der Waals surface area contributed by atoms with Crippen LogP contribution >= 0.6 is 0 Å². The second-order valence-electron chi connectivity index (χ2n) is 5.71. The van der Waals surface area contributed by atoms with Crippen molar-refractivity contribution in [2.24, 2.45) is 0 Å². The van der Waals surface area contributed by atoms with Crippen molar-refractivity contribution in [1.29, 1.82) is 0 Å². The van der Waals surface area contributed by atoms with Crippen molar-refractivity contribution >= 4 is 11.9 Å². The maximum atomic E-state index is 12.7. The number of rotatable bonds is 3. The van der Waals surface area contributed by atoms with Crippen molar-refractivity contribution in [3.05, 3.63) is 60.9 Å². The first-order chi connectivity index (χ1) is 12.3. The summed E-state index contributed by atoms with van der Waals surface area (Å²) in [5.41, 5.74) is 1.55. The number of carbonyl (C=O) groups excluding carboxylic acids is 1. The van der Waals surface area contributed by atoms with Crippen molar-refractivity contribution in [3.63, 3.8) is 0 Å². The predicted molar refractivity (Wildman–Crippen MR) is 91.5 cm³/mol. The molecular formula is C17H17N7O. The lowest BCUT2D eigenvalue weighted by Crippen LogP contribution is -2.49. The van der Waals surface area contributed by atoms with Crippen LogP contribution in [0, 0.1) is 0 Å². The fourth-order valence-corrected chi connectivity index (χ4v) is 2.84. The van der Waals surface area contributed by atoms with E-state index >= 15 is 0 Å². The molecule has 0 spiro atoms. The monoisotopic (exact) mass is 335 g/mol. The molecule has 25 heavy (non-hydrogen) atoms. The molecule has 1 fully saturated rings. The lowest BCUT2D eigenvalue weighted by molar-refractivity contribution is 0.0746. The molecule has 1 aromatic carbocycles. The van der Waals surface area contributed by atoms with Crippen molar-refractivity contribution in [2.45, 2.75) is 0 Å². The molecule has 0 atom stereocenters. The Kier molecular flexibility index (Phi) is 4.07. The van der Waals surface area contributed by atoms with Gasteiger partial charge in [0.25, 0.3) is 5.91 Å². The Morgan fingerprint density at radius 3 is 2.32 bits per heavy atom. The topological polar surface area (TPSA) is 80.0 Å². The summed E-state index contributed by atoms with van der Waals surface area (Å²) in [4.78, 5) is 29.1. The fraction of sp³-hybridized carbons (Fsp3) is 0.235. The highest BCUT2D eigenvalue weighted by Crippen LogP contribution is 2.14. The van der Waals surface area contributed by atoms with E-state index in [4.69, 9.17) is 0 Å². The molecule has 8 nitrogen and oxygen atoms in total. The first kappa shape index (κ1) is 15.3. The number of carbonyl (C=O) groups is 1. The highest BCUT2D eigenvalue weighted by molar-refractivity contribution is 5.94. The second-order valence-corrected chi connectivity index (χ2v) is 5.71. The number of amides is 1. The number of piperazine rings is 1. The Morgan fingerprint density at radius 2 is 1.68 bits per heavy atom. The van der Waals surface area contributed by atoms with Gasteiger partial charge in [0.05, 0.1) is 5.69 Å². The molecule has 1 aliphatic rings. The van der Waals surface area contributed by atoms with Gasteiger partial charge in [0, 0.05) is 44.1 Å². The van der Waals surface area contributed by atoms with E-state index in [1.54, 1.807) is 29.5 Å². The Morgan fingerprint density at radius 1 is 0.960 bits per heavy atom. The van der Waals surface area contributed by atoms with Gasteiger partial charge in [-0.25, -0.2) is 19.6 Å². The van der Waals surface area contributed by atoms with Gasteiger partial charge in [-0.05, 0) is 30.3 Å². The molecule has 0 radical (unpaired) electrons. The molecule has 0 unspecified atom stereocenters. The van der Waals surface area contributed by atoms with Crippen LogP contribution in [0.2, 0.25) is 0 Å². The van der Waals surface area contributed by atoms with Gasteiger partial charge in [-0.2, -0.15) is 5.10 Å². The molecule has 1 amide bonds. The number of nitrogens with zero attached hydrogens (tertiary/aromatic N) is 7. The molecule has 0 saturated carbocycles. The zero-order valence-corrected chi connectivity index (χ0v) is 13.6. The number of benzene rings is 1. The zero-order chi connectivity index (χ0) is 17.1. The van der Waals surface area contributed by atoms with E-state index in [2.05, 4.69) is 25.0 Å². The molecule has 3 heterocycles. The average Bonchev–Trinajstić information content (AvgIpc) is 3.23. The van der Waals surface area contributed by atoms with Crippen molar-refractivity contribution in [3.8, 4) is 5.69 Å². The van der Waals surface area contributed by atoms with E-state index in [1.165, 1.54) is 6.33 Å². The van der Waals surface area contributed by atoms with Crippen LogP contribution in [-0.2, 0) is 0 Å². The molecule has 4 rings (SSSR count). The molecule has 0 bridgehead atoms. The van der Waals surface area contributed by atoms with E-state index in [0.717, 1.165) is 18.8 Å². The smallest absolute Gasteiger partial charge is 0.253 e. The first-order valence-corrected chi connectivity index (χ1v) is 8.07. The lowest BCUT2D eigenvalue weighted by Gasteiger charge is -2.34. The Balaban J connectivity index is 1.40. The summed E-state index contributed by atoms with van der Waals surface area (Å²) in [6, 6.07) is 9.19. The van der Waals surface area contributed by atoms with Gasteiger partial charge >= 0.3 is 0 Å². The minimum Gasteiger partial charge on any atom is -0.337 e. The van der Waals surface area contributed by atoms with Crippen LogP contribution in [0.4, 0.5) is 5.95 Å². The van der Waals surface area contributed by atoms with Gasteiger partial charge in [0.15, 0.2) is 0 Å². The second kappa shape index (κ2) is 6.68. The maximum Gasteiger partial charge on any atom is 0.253 e. The van der Waals surface area contributed by atoms with E-state index in [9.17, 15) is 4.79 Å². The third-order valence-electron chi connectivity index (χ3n) is 4.20. The SMILES string of the molecule is O=C(c1ccc(-n2cncn2)cc1)N1CCN(c2ncccn2)CC1. The lowest BCUT2D eigenvalue weighted by atomic mass is 10.1. The Hall–Kier alpha value is -3.29. The minimum absolute atomic E-state index is 0.0405. The average molecular weight is 335 g/mol. The van der Waals surface area contributed by atoms with E-state index in [0.29, 0.717) is 24.6 Å². The van der Waals surface area contributed by atoms with Crippen molar-refractivity contribution in [2.75, 3.05) is 31.1 Å². The predicted octanol–water partition coefficient (Wildman–Crippen LogP) is 1.02. The summed E-state index contributed by atoms with van der Waals surface area (Å²) in [7, 11) is 0. The van der Waals surface area contributed by atoms with Crippen LogP contribution in [0.5, 0.6) is 0 Å². The van der Waals surface area contributed by atoms with Crippen LogP contribution in [0.1, 0.15) is 10.4 Å². The molecular weight excluding hydrogens is 318 g/mol. The summed E-state index contributed by atoms with van der Waals surface area (Å²) >= 11 is 0. The first-order valence-electron chi connectivity index (χ1n) is 8.07. The molecule has 0 N–H and O–H groups in total. The number of aromatic nitrogens is 5. The van der Waals surface area contributed by atoms with Gasteiger partial charge in [0.1, 0.15) is 12.7 Å². The summed E-state index contributed by atoms with van der Waals surface area (Å²) < 4.78 is 1.66. The minimum atomic E-state index is 0.0405. The van der Waals surface area contributed by atoms with Gasteiger partial charge in [-0.1, -0.05) is 0 Å². The number of hydrogen-bond donors (Lipinski definition) is 0. The molecule has 1 aliphatic heterocycles. The van der Waals surface area contributed by atoms with Gasteiger partial charge in [-0.3, -0.25) is 4.79 Å². The largest absolute Gasteiger partial charge is 0.337 e. The van der Waals surface area contributed by atoms with Gasteiger partial charge in [0.2, 0.25) is 5.95 Å². The number of hydrogen-bond acceptors (Lipinski definition) is 6. The third kappa shape index (κ3) is 3.18. The van der Waals surface area contributed by atoms with Crippen molar-refractivity contribution < 1.29 is 4.79 Å². The quantitative estimate of drug-likeness (QED) is 0.711. The standard InChI is InChI=1S/C17H17N7O/c25-16(14-2-4-15(5-3-14)24-13-18-12-21-24)22-8-10-23(11-9-22)17-19-6-1-7-20-17/h1-7,12-13H,8-11H2. The van der Waals surface area contributed by atoms with Crippen LogP contribution in [0.25, 0.3) is 5.69 Å². The molecule has 1 saturated heterocycles. The summed E-state index contributed by atoms with van der Waals surface area (Å²) in [6.45, 7) is 2.77. The highest BCUT2D eigenvalue weighted by Gasteiger charge is 2.23. The van der Waals surface area contributed by atoms with Crippen molar-refractivity contribution in [1.82, 2.24) is 29.6 Å². The summed E-state index contributed by atoms with van der Waals surface area (Å²) in [5.74, 6) is 0.755. The van der Waals surface area contributed by atoms with Crippen LogP contribution in [0.15, 0.2) is 55.4 Å². The molecule has 3 aromatic rings. The van der Waals surface area contributed by atoms with Gasteiger partial charge < -0.3 is 9.80 Å². The Labute approximate surface area is 144 Å². The fourth-order valence-electron chi connectivity index (χ4n) is 2.84. The summed E-state index contributed by atoms with van der Waals surface area (Å²) in [5, 5.41) is 4.08.